The topological polar surface area (TPSA) is 35.1 Å². The average Bonchev–Trinajstić information content (AvgIpc) is 2.32. The van der Waals surface area contributed by atoms with E-state index in [2.05, 4.69) is 6.07 Å². The highest BCUT2D eigenvalue weighted by molar-refractivity contribution is 6.34. The molecular formula is C8H5ClNO2. The third-order valence-electron chi connectivity index (χ3n) is 1.70. The van der Waals surface area contributed by atoms with Gasteiger partial charge in [-0.2, -0.15) is 0 Å². The predicted molar refractivity (Wildman–Crippen MR) is 45.3 cm³/mol. The average molecular weight is 183 g/mol. The Bertz CT molecular complexity index is 483. The van der Waals surface area contributed by atoms with E-state index in [1.807, 2.05) is 0 Å². The summed E-state index contributed by atoms with van der Waals surface area (Å²) in [6.45, 7) is 0. The summed E-state index contributed by atoms with van der Waals surface area (Å²) in [5.41, 5.74) is 1.08. The number of fused-ring (bicyclic) bond motifs is 1. The first kappa shape index (κ1) is 7.43. The second-order valence-corrected chi connectivity index (χ2v) is 2.85. The number of halogens is 1. The molecule has 3 nitrogen and oxygen atoms in total. The molecule has 0 fully saturated rings. The quantitative estimate of drug-likeness (QED) is 0.620. The monoisotopic (exact) mass is 182 g/mol. The van der Waals surface area contributed by atoms with Crippen LogP contribution in [-0.4, -0.2) is 4.57 Å². The highest BCUT2D eigenvalue weighted by Gasteiger charge is 2.07. The molecule has 0 atom stereocenters. The van der Waals surface area contributed by atoms with Crippen LogP contribution in [0.2, 0.25) is 5.02 Å². The molecule has 0 amide bonds. The number of nitrogens with zero attached hydrogens (tertiary/aromatic N) is 1. The first-order valence-electron chi connectivity index (χ1n) is 3.35. The number of oxazole rings is 1. The molecule has 0 aliphatic carbocycles. The van der Waals surface area contributed by atoms with E-state index in [9.17, 15) is 4.79 Å². The van der Waals surface area contributed by atoms with E-state index in [-0.39, 0.29) is 0 Å². The van der Waals surface area contributed by atoms with Gasteiger partial charge in [-0.3, -0.25) is 4.57 Å². The van der Waals surface area contributed by atoms with Crippen LogP contribution in [-0.2, 0) is 7.05 Å². The van der Waals surface area contributed by atoms with Crippen LogP contribution < -0.4 is 5.76 Å². The van der Waals surface area contributed by atoms with Crippen LogP contribution in [0.25, 0.3) is 11.1 Å². The Kier molecular flexibility index (Phi) is 1.48. The van der Waals surface area contributed by atoms with Crippen molar-refractivity contribution in [2.45, 2.75) is 0 Å². The molecule has 0 saturated heterocycles. The van der Waals surface area contributed by atoms with Crippen molar-refractivity contribution in [1.29, 1.82) is 0 Å². The molecule has 0 spiro atoms. The van der Waals surface area contributed by atoms with Gasteiger partial charge in [0.15, 0.2) is 5.58 Å². The Hall–Kier alpha value is -1.22. The summed E-state index contributed by atoms with van der Waals surface area (Å²) in [7, 11) is 1.62. The number of hydrogen-bond donors (Lipinski definition) is 0. The van der Waals surface area contributed by atoms with E-state index in [4.69, 9.17) is 16.0 Å². The van der Waals surface area contributed by atoms with Crippen molar-refractivity contribution in [1.82, 2.24) is 4.57 Å². The summed E-state index contributed by atoms with van der Waals surface area (Å²) in [6, 6.07) is 6.03. The fraction of sp³-hybridized carbons (Fsp3) is 0.125. The molecule has 1 aromatic carbocycles. The summed E-state index contributed by atoms with van der Waals surface area (Å²) in [4.78, 5) is 11.0. The third kappa shape index (κ3) is 0.865. The highest BCUT2D eigenvalue weighted by Crippen LogP contribution is 2.20. The van der Waals surface area contributed by atoms with Crippen LogP contribution >= 0.6 is 11.6 Å². The van der Waals surface area contributed by atoms with Crippen molar-refractivity contribution in [3.63, 3.8) is 0 Å². The first-order valence-corrected chi connectivity index (χ1v) is 3.73. The lowest BCUT2D eigenvalue weighted by molar-refractivity contribution is 0.528. The van der Waals surface area contributed by atoms with Crippen molar-refractivity contribution >= 4 is 22.7 Å². The Morgan fingerprint density at radius 2 is 2.33 bits per heavy atom. The van der Waals surface area contributed by atoms with Crippen LogP contribution in [0, 0.1) is 6.07 Å². The fourth-order valence-electron chi connectivity index (χ4n) is 1.05. The molecule has 1 radical (unpaired) electrons. The largest absolute Gasteiger partial charge is 0.419 e. The van der Waals surface area contributed by atoms with Gasteiger partial charge in [0.05, 0.1) is 10.5 Å². The molecule has 1 aromatic heterocycles. The maximum atomic E-state index is 11.0. The van der Waals surface area contributed by atoms with Gasteiger partial charge < -0.3 is 4.42 Å². The molecule has 61 valence electrons. The molecule has 0 N–H and O–H groups in total. The van der Waals surface area contributed by atoms with Gasteiger partial charge in [0.2, 0.25) is 0 Å². The Labute approximate surface area is 73.2 Å². The normalized spacial score (nSPS) is 10.8. The zero-order chi connectivity index (χ0) is 8.72. The van der Waals surface area contributed by atoms with Gasteiger partial charge >= 0.3 is 5.76 Å². The SMILES string of the molecule is Cn1c(=O)oc2c(Cl)c[c]cc21. The van der Waals surface area contributed by atoms with E-state index < -0.39 is 5.76 Å². The van der Waals surface area contributed by atoms with Crippen LogP contribution in [0.1, 0.15) is 0 Å². The molecule has 0 saturated carbocycles. The lowest BCUT2D eigenvalue weighted by Gasteiger charge is -1.90. The van der Waals surface area contributed by atoms with E-state index in [0.29, 0.717) is 16.1 Å². The first-order chi connectivity index (χ1) is 5.70. The summed E-state index contributed by atoms with van der Waals surface area (Å²) >= 11 is 5.77. The minimum absolute atomic E-state index is 0.408. The summed E-state index contributed by atoms with van der Waals surface area (Å²) in [5.74, 6) is -0.411. The summed E-state index contributed by atoms with van der Waals surface area (Å²) in [5, 5.41) is 0.408. The second kappa shape index (κ2) is 2.38. The zero-order valence-electron chi connectivity index (χ0n) is 6.30. The molecule has 4 heteroatoms. The van der Waals surface area contributed by atoms with E-state index in [1.165, 1.54) is 4.57 Å². The zero-order valence-corrected chi connectivity index (χ0v) is 7.05. The van der Waals surface area contributed by atoms with Gasteiger partial charge in [-0.1, -0.05) is 11.6 Å². The van der Waals surface area contributed by atoms with E-state index in [1.54, 1.807) is 19.2 Å². The van der Waals surface area contributed by atoms with Crippen molar-refractivity contribution in [3.8, 4) is 0 Å². The van der Waals surface area contributed by atoms with Gasteiger partial charge in [0.25, 0.3) is 0 Å². The minimum Gasteiger partial charge on any atom is -0.406 e. The molecule has 0 aliphatic rings. The van der Waals surface area contributed by atoms with Gasteiger partial charge in [-0.25, -0.2) is 4.79 Å². The van der Waals surface area contributed by atoms with Crippen molar-refractivity contribution < 1.29 is 4.42 Å². The standard InChI is InChI=1S/C8H5ClNO2/c1-10-6-4-2-3-5(9)7(6)12-8(10)11/h3-4H,1H3. The van der Waals surface area contributed by atoms with Crippen molar-refractivity contribution in [2.75, 3.05) is 0 Å². The van der Waals surface area contributed by atoms with Gasteiger partial charge in [0, 0.05) is 7.05 Å². The predicted octanol–water partition coefficient (Wildman–Crippen LogP) is 1.59. The van der Waals surface area contributed by atoms with Crippen molar-refractivity contribution in [3.05, 3.63) is 33.8 Å². The van der Waals surface area contributed by atoms with Gasteiger partial charge in [-0.05, 0) is 18.2 Å². The smallest absolute Gasteiger partial charge is 0.406 e. The van der Waals surface area contributed by atoms with Crippen LogP contribution in [0.3, 0.4) is 0 Å². The molecule has 0 unspecified atom stereocenters. The maximum Gasteiger partial charge on any atom is 0.419 e. The van der Waals surface area contributed by atoms with E-state index >= 15 is 0 Å². The summed E-state index contributed by atoms with van der Waals surface area (Å²) < 4.78 is 6.27. The molecule has 0 aliphatic heterocycles. The lowest BCUT2D eigenvalue weighted by Crippen LogP contribution is -2.08. The van der Waals surface area contributed by atoms with E-state index in [0.717, 1.165) is 0 Å². The maximum absolute atomic E-state index is 11.0. The Balaban J connectivity index is 3.05. The third-order valence-corrected chi connectivity index (χ3v) is 1.99. The molecule has 0 bridgehead atoms. The highest BCUT2D eigenvalue weighted by atomic mass is 35.5. The van der Waals surface area contributed by atoms with Crippen molar-refractivity contribution in [2.24, 2.45) is 7.05 Å². The minimum atomic E-state index is -0.411. The molecule has 2 aromatic rings. The lowest BCUT2D eigenvalue weighted by atomic mass is 10.3. The second-order valence-electron chi connectivity index (χ2n) is 2.44. The van der Waals surface area contributed by atoms with Crippen LogP contribution in [0.5, 0.6) is 0 Å². The number of rotatable bonds is 0. The Morgan fingerprint density at radius 1 is 1.58 bits per heavy atom. The molecule has 2 rings (SSSR count). The fourth-order valence-corrected chi connectivity index (χ4v) is 1.25. The molecule has 12 heavy (non-hydrogen) atoms. The Morgan fingerprint density at radius 3 is 3.00 bits per heavy atom. The number of hydrogen-bond acceptors (Lipinski definition) is 2. The van der Waals surface area contributed by atoms with Crippen LogP contribution in [0.15, 0.2) is 21.3 Å². The summed E-state index contributed by atoms with van der Waals surface area (Å²) in [6.07, 6.45) is 0. The number of benzene rings is 1. The number of aryl methyl sites for hydroxylation is 1. The number of aromatic nitrogens is 1. The van der Waals surface area contributed by atoms with Gasteiger partial charge in [0.1, 0.15) is 0 Å². The van der Waals surface area contributed by atoms with Gasteiger partial charge in [-0.15, -0.1) is 0 Å². The molecule has 1 heterocycles. The van der Waals surface area contributed by atoms with Crippen LogP contribution in [0.4, 0.5) is 0 Å². The molecular weight excluding hydrogens is 178 g/mol.